The third-order valence-electron chi connectivity index (χ3n) is 12.6. The van der Waals surface area contributed by atoms with Gasteiger partial charge >= 0.3 is 24.4 Å². The smallest absolute Gasteiger partial charge is 0.410 e. The number of hydrogen-bond donors (Lipinski definition) is 9. The molecule has 9 N–H and O–H groups in total. The van der Waals surface area contributed by atoms with Gasteiger partial charge in [0.2, 0.25) is 12.2 Å². The first kappa shape index (κ1) is 66.2. The topological polar surface area (TPSA) is 313 Å². The van der Waals surface area contributed by atoms with Crippen molar-refractivity contribution in [1.29, 1.82) is 0 Å². The molecule has 2 fully saturated rings. The van der Waals surface area contributed by atoms with Crippen molar-refractivity contribution in [3.05, 3.63) is 11.8 Å². The van der Waals surface area contributed by atoms with E-state index in [4.69, 9.17) is 42.3 Å². The van der Waals surface area contributed by atoms with Gasteiger partial charge in [-0.25, -0.2) is 19.2 Å². The Morgan fingerprint density at radius 2 is 1.24 bits per heavy atom. The van der Waals surface area contributed by atoms with Crippen molar-refractivity contribution >= 4 is 38.6 Å². The summed E-state index contributed by atoms with van der Waals surface area (Å²) in [4.78, 5) is 67.6. The molecular weight excluding hydrogens is 1010 g/mol. The van der Waals surface area contributed by atoms with E-state index < -0.39 is 140 Å². The number of rotatable bonds is 18. The lowest BCUT2D eigenvalue weighted by Crippen LogP contribution is -2.71. The molecule has 440 valence electrons. The number of likely N-dealkylation sites (N-methyl/N-ethyl adjacent to an activating group) is 1. The van der Waals surface area contributed by atoms with Gasteiger partial charge < -0.3 is 94.2 Å². The fourth-order valence-corrected chi connectivity index (χ4v) is 9.13. The normalized spacial score (nSPS) is 28.1. The molecule has 76 heavy (non-hydrogen) atoms. The molecule has 0 aromatic carbocycles. The number of nitrogens with zero attached hydrogens (tertiary/aromatic N) is 1. The number of nitrogens with one attached hydrogen (secondary N) is 5. The van der Waals surface area contributed by atoms with Crippen LogP contribution in [0.15, 0.2) is 11.8 Å². The number of alkyl carbamates (subject to hydrolysis) is 3. The quantitative estimate of drug-likeness (QED) is 0.0532. The summed E-state index contributed by atoms with van der Waals surface area (Å²) in [5, 5.41) is 61.4. The van der Waals surface area contributed by atoms with Crippen molar-refractivity contribution in [2.75, 3.05) is 39.9 Å². The zero-order chi connectivity index (χ0) is 58.2. The SMILES string of the molecule is CN(C(=O)OC(C)(C)C)C1C(O)[C@@H](O[C@@H]2[C@H](O)[C@@H](O[C@H]3OC(CNCCO[Si](C)(C)C(C)(C)C)=CC[C@H]3NC(=O)OC(C)(C)C)[C@@H](NC(=O)OC(C)(C)C)C[C@@H]2NC(=O)[C@@H](O)CCNC(=O)OC(C)(C)C)OC[C@]1(C)O. The minimum Gasteiger partial charge on any atom is -0.466 e. The fraction of sp³-hybridized carbons (Fsp3) is 0.863. The van der Waals surface area contributed by atoms with E-state index in [1.165, 1.54) is 14.0 Å². The Morgan fingerprint density at radius 3 is 1.76 bits per heavy atom. The van der Waals surface area contributed by atoms with E-state index in [1.54, 1.807) is 89.2 Å². The molecule has 12 atom stereocenters. The van der Waals surface area contributed by atoms with Crippen molar-refractivity contribution in [2.45, 2.75) is 243 Å². The first-order valence-electron chi connectivity index (χ1n) is 26.1. The summed E-state index contributed by atoms with van der Waals surface area (Å²) in [6.45, 7) is 32.6. The van der Waals surface area contributed by atoms with Crippen LogP contribution in [0.4, 0.5) is 19.2 Å². The average molecular weight is 1110 g/mol. The summed E-state index contributed by atoms with van der Waals surface area (Å²) in [7, 11) is -0.717. The first-order chi connectivity index (χ1) is 34.5. The number of aliphatic hydroxyl groups is 4. The van der Waals surface area contributed by atoms with Gasteiger partial charge in [-0.15, -0.1) is 0 Å². The van der Waals surface area contributed by atoms with Gasteiger partial charge in [0.1, 0.15) is 64.3 Å². The lowest BCUT2D eigenvalue weighted by atomic mass is 9.82. The summed E-state index contributed by atoms with van der Waals surface area (Å²) >= 11 is 0. The molecule has 0 aromatic rings. The van der Waals surface area contributed by atoms with Crippen molar-refractivity contribution in [1.82, 2.24) is 31.5 Å². The molecule has 5 amide bonds. The Morgan fingerprint density at radius 1 is 0.737 bits per heavy atom. The number of amides is 5. The van der Waals surface area contributed by atoms with Crippen LogP contribution in [0.1, 0.15) is 130 Å². The Balaban J connectivity index is 2.10. The highest BCUT2D eigenvalue weighted by atomic mass is 28.4. The fourth-order valence-electron chi connectivity index (χ4n) is 8.08. The van der Waals surface area contributed by atoms with Gasteiger partial charge in [0, 0.05) is 26.7 Å². The molecule has 0 aromatic heterocycles. The number of hydrogen-bond acceptors (Lipinski definition) is 19. The van der Waals surface area contributed by atoms with Crippen molar-refractivity contribution in [3.63, 3.8) is 0 Å². The molecule has 2 aliphatic heterocycles. The Labute approximate surface area is 450 Å². The van der Waals surface area contributed by atoms with Crippen LogP contribution in [-0.2, 0) is 47.1 Å². The van der Waals surface area contributed by atoms with Gasteiger partial charge in [-0.2, -0.15) is 0 Å². The van der Waals surface area contributed by atoms with E-state index in [-0.39, 0.29) is 37.4 Å². The van der Waals surface area contributed by atoms with E-state index in [2.05, 4.69) is 60.4 Å². The zero-order valence-electron chi connectivity index (χ0n) is 48.5. The molecule has 2 unspecified atom stereocenters. The molecule has 24 nitrogen and oxygen atoms in total. The predicted molar refractivity (Wildman–Crippen MR) is 281 cm³/mol. The van der Waals surface area contributed by atoms with Crippen LogP contribution in [0.5, 0.6) is 0 Å². The van der Waals surface area contributed by atoms with Crippen LogP contribution in [0.3, 0.4) is 0 Å². The summed E-state index contributed by atoms with van der Waals surface area (Å²) in [5.74, 6) is -0.558. The molecule has 1 aliphatic carbocycles. The second-order valence-electron chi connectivity index (χ2n) is 25.5. The van der Waals surface area contributed by atoms with Crippen LogP contribution in [0, 0.1) is 0 Å². The summed E-state index contributed by atoms with van der Waals surface area (Å²) in [6, 6.07) is -4.97. The predicted octanol–water partition coefficient (Wildman–Crippen LogP) is 4.01. The Kier molecular flexibility index (Phi) is 22.9. The van der Waals surface area contributed by atoms with Gasteiger partial charge in [-0.1, -0.05) is 20.8 Å². The Hall–Kier alpha value is -4.05. The maximum Gasteiger partial charge on any atom is 0.410 e. The highest BCUT2D eigenvalue weighted by Crippen LogP contribution is 2.37. The van der Waals surface area contributed by atoms with Crippen LogP contribution in [0.2, 0.25) is 18.1 Å². The number of ether oxygens (including phenoxy) is 8. The van der Waals surface area contributed by atoms with E-state index >= 15 is 0 Å². The average Bonchev–Trinajstić information content (AvgIpc) is 3.21. The number of carbonyl (C=O) groups is 5. The minimum absolute atomic E-state index is 0.00661. The van der Waals surface area contributed by atoms with E-state index in [0.717, 1.165) is 4.90 Å². The zero-order valence-corrected chi connectivity index (χ0v) is 49.5. The van der Waals surface area contributed by atoms with Crippen molar-refractivity contribution < 1.29 is 86.7 Å². The molecule has 1 saturated carbocycles. The summed E-state index contributed by atoms with van der Waals surface area (Å²) in [6.07, 6.45) is -13.8. The highest BCUT2D eigenvalue weighted by molar-refractivity contribution is 6.74. The molecule has 0 bridgehead atoms. The number of aliphatic hydroxyl groups excluding tert-OH is 3. The largest absolute Gasteiger partial charge is 0.466 e. The van der Waals surface area contributed by atoms with E-state index in [9.17, 15) is 44.4 Å². The Bertz CT molecular complexity index is 1980. The molecule has 2 heterocycles. The lowest BCUT2D eigenvalue weighted by molar-refractivity contribution is -0.311. The van der Waals surface area contributed by atoms with Crippen molar-refractivity contribution in [3.8, 4) is 0 Å². The third-order valence-corrected chi connectivity index (χ3v) is 17.1. The highest BCUT2D eigenvalue weighted by Gasteiger charge is 2.55. The molecule has 1 saturated heterocycles. The van der Waals surface area contributed by atoms with Gasteiger partial charge in [0.15, 0.2) is 14.6 Å². The molecular formula is C51H94N6O18Si. The van der Waals surface area contributed by atoms with Crippen LogP contribution in [0.25, 0.3) is 0 Å². The molecule has 3 aliphatic rings. The first-order valence-corrected chi connectivity index (χ1v) is 29.0. The van der Waals surface area contributed by atoms with Crippen LogP contribution >= 0.6 is 0 Å². The summed E-state index contributed by atoms with van der Waals surface area (Å²) in [5.41, 5.74) is -5.52. The van der Waals surface area contributed by atoms with Gasteiger partial charge in [-0.3, -0.25) is 4.79 Å². The maximum absolute atomic E-state index is 13.9. The van der Waals surface area contributed by atoms with E-state index in [1.807, 2.05) is 0 Å². The third kappa shape index (κ3) is 21.3. The standard InChI is InChI=1S/C51H94N6O18Si/c1-46(2,3)72-42(62)53-23-22-33(58)39(61)54-31-26-32(56-44(64)74-48(7,8)9)37(34(59)36(31)71-41-35(60)38(51(16,66)28-67-41)57(17)45(65)75-49(10,11)12)70-40-30(55-43(63)73-47(4,5)6)21-20-29(69-40)27-52-24-25-68-76(18,19)50(13,14)15/h20,30-38,40-41,52,58-60,66H,21-28H2,1-19H3,(H,53,62)(H,54,61)(H,55,63)(H,56,64)/t30-,31+,32+,33+,34+,35?,36+,37+,38?,40-,41-,51+/m1/s1. The molecule has 3 rings (SSSR count). The monoisotopic (exact) mass is 1110 g/mol. The molecule has 0 spiro atoms. The van der Waals surface area contributed by atoms with Crippen LogP contribution < -0.4 is 26.6 Å². The second kappa shape index (κ2) is 26.3. The number of carbonyl (C=O) groups excluding carboxylic acids is 5. The van der Waals surface area contributed by atoms with Gasteiger partial charge in [-0.05, 0) is 133 Å². The molecule has 25 heteroatoms. The van der Waals surface area contributed by atoms with Gasteiger partial charge in [0.05, 0.1) is 37.3 Å². The molecule has 0 radical (unpaired) electrons. The maximum atomic E-state index is 13.9. The minimum atomic E-state index is -2.04. The lowest BCUT2D eigenvalue weighted by Gasteiger charge is -2.50. The van der Waals surface area contributed by atoms with E-state index in [0.29, 0.717) is 18.9 Å². The second-order valence-corrected chi connectivity index (χ2v) is 30.3. The van der Waals surface area contributed by atoms with Crippen LogP contribution in [-0.4, -0.2) is 199 Å². The summed E-state index contributed by atoms with van der Waals surface area (Å²) < 4.78 is 53.8. The van der Waals surface area contributed by atoms with Crippen molar-refractivity contribution in [2.24, 2.45) is 0 Å². The van der Waals surface area contributed by atoms with Gasteiger partial charge in [0.25, 0.3) is 0 Å².